The maximum Gasteiger partial charge on any atom is 0.416 e. The Labute approximate surface area is 157 Å². The van der Waals surface area contributed by atoms with Gasteiger partial charge in [-0.1, -0.05) is 12.1 Å². The van der Waals surface area contributed by atoms with Gasteiger partial charge in [-0.15, -0.1) is 0 Å². The first kappa shape index (κ1) is 20.2. The Balaban J connectivity index is 2.17. The quantitative estimate of drug-likeness (QED) is 0.751. The van der Waals surface area contributed by atoms with E-state index in [1.807, 2.05) is 0 Å². The van der Waals surface area contributed by atoms with Crippen molar-refractivity contribution in [2.45, 2.75) is 6.18 Å². The second-order valence-electron chi connectivity index (χ2n) is 5.34. The number of sulfonamides is 1. The van der Waals surface area contributed by atoms with Gasteiger partial charge in [0.15, 0.2) is 0 Å². The number of amides is 1. The third-order valence-corrected chi connectivity index (χ3v) is 5.10. The number of nitrogens with zero attached hydrogens (tertiary/aromatic N) is 1. The summed E-state index contributed by atoms with van der Waals surface area (Å²) >= 11 is 3.23. The molecule has 0 aromatic heterocycles. The zero-order chi connectivity index (χ0) is 19.5. The van der Waals surface area contributed by atoms with E-state index in [-0.39, 0.29) is 11.4 Å². The average Bonchev–Trinajstić information content (AvgIpc) is 2.52. The van der Waals surface area contributed by atoms with Gasteiger partial charge in [-0.3, -0.25) is 9.10 Å². The molecular weight excluding hydrogens is 437 g/mol. The van der Waals surface area contributed by atoms with Crippen LogP contribution in [0, 0.1) is 0 Å². The minimum Gasteiger partial charge on any atom is -0.325 e. The van der Waals surface area contributed by atoms with E-state index in [0.717, 1.165) is 34.8 Å². The number of nitrogens with one attached hydrogen (secondary N) is 1. The minimum atomic E-state index is -4.48. The van der Waals surface area contributed by atoms with E-state index in [1.54, 1.807) is 18.2 Å². The number of para-hydroxylation sites is 1. The smallest absolute Gasteiger partial charge is 0.325 e. The zero-order valence-electron chi connectivity index (χ0n) is 13.4. The van der Waals surface area contributed by atoms with E-state index in [1.165, 1.54) is 6.07 Å². The Bertz CT molecular complexity index is 900. The van der Waals surface area contributed by atoms with Crippen LogP contribution in [0.5, 0.6) is 0 Å². The van der Waals surface area contributed by atoms with Crippen LogP contribution in [-0.4, -0.2) is 27.1 Å². The highest BCUT2D eigenvalue weighted by Crippen LogP contribution is 2.30. The Morgan fingerprint density at radius 3 is 2.19 bits per heavy atom. The lowest BCUT2D eigenvalue weighted by atomic mass is 10.2. The molecule has 0 saturated heterocycles. The second-order valence-corrected chi connectivity index (χ2v) is 8.11. The summed E-state index contributed by atoms with van der Waals surface area (Å²) in [5.41, 5.74) is -0.442. The van der Waals surface area contributed by atoms with Crippen LogP contribution in [0.1, 0.15) is 5.56 Å². The highest BCUT2D eigenvalue weighted by atomic mass is 79.9. The first-order valence-corrected chi connectivity index (χ1v) is 9.82. The largest absolute Gasteiger partial charge is 0.416 e. The van der Waals surface area contributed by atoms with Gasteiger partial charge in [-0.2, -0.15) is 13.2 Å². The molecule has 26 heavy (non-hydrogen) atoms. The van der Waals surface area contributed by atoms with Crippen molar-refractivity contribution in [1.82, 2.24) is 0 Å². The standard InChI is InChI=1S/C16H14BrF3N2O3S/c1-26(24,25)22(14-5-3-2-4-13(14)17)10-15(23)21-12-8-6-11(7-9-12)16(18,19)20/h2-9H,10H2,1H3,(H,21,23). The molecule has 0 aliphatic carbocycles. The lowest BCUT2D eigenvalue weighted by Crippen LogP contribution is -2.37. The molecule has 0 bridgehead atoms. The lowest BCUT2D eigenvalue weighted by Gasteiger charge is -2.23. The molecule has 0 atom stereocenters. The van der Waals surface area contributed by atoms with Crippen molar-refractivity contribution in [2.75, 3.05) is 22.4 Å². The van der Waals surface area contributed by atoms with Crippen LogP contribution in [0.25, 0.3) is 0 Å². The third-order valence-electron chi connectivity index (χ3n) is 3.30. The predicted octanol–water partition coefficient (Wildman–Crippen LogP) is 3.87. The molecule has 0 spiro atoms. The van der Waals surface area contributed by atoms with Crippen molar-refractivity contribution >= 4 is 43.2 Å². The number of anilines is 2. The highest BCUT2D eigenvalue weighted by molar-refractivity contribution is 9.10. The average molecular weight is 451 g/mol. The van der Waals surface area contributed by atoms with Crippen LogP contribution in [0.2, 0.25) is 0 Å². The summed E-state index contributed by atoms with van der Waals surface area (Å²) in [5, 5.41) is 2.38. The van der Waals surface area contributed by atoms with Crippen molar-refractivity contribution in [3.8, 4) is 0 Å². The van der Waals surface area contributed by atoms with E-state index < -0.39 is 34.2 Å². The first-order chi connectivity index (χ1) is 12.0. The minimum absolute atomic E-state index is 0.128. The summed E-state index contributed by atoms with van der Waals surface area (Å²) in [6.07, 6.45) is -3.52. The fourth-order valence-corrected chi connectivity index (χ4v) is 3.59. The van der Waals surface area contributed by atoms with Crippen LogP contribution in [0.15, 0.2) is 53.0 Å². The topological polar surface area (TPSA) is 66.5 Å². The SMILES string of the molecule is CS(=O)(=O)N(CC(=O)Nc1ccc(C(F)(F)F)cc1)c1ccccc1Br. The van der Waals surface area contributed by atoms with Gasteiger partial charge in [0.05, 0.1) is 17.5 Å². The first-order valence-electron chi connectivity index (χ1n) is 7.18. The third kappa shape index (κ3) is 5.21. The molecule has 5 nitrogen and oxygen atoms in total. The Morgan fingerprint density at radius 1 is 1.12 bits per heavy atom. The van der Waals surface area contributed by atoms with E-state index in [9.17, 15) is 26.4 Å². The molecule has 0 heterocycles. The summed E-state index contributed by atoms with van der Waals surface area (Å²) in [7, 11) is -3.76. The molecular formula is C16H14BrF3N2O3S. The van der Waals surface area contributed by atoms with Crippen molar-refractivity contribution in [2.24, 2.45) is 0 Å². The maximum atomic E-state index is 12.5. The predicted molar refractivity (Wildman–Crippen MR) is 96.4 cm³/mol. The van der Waals surface area contributed by atoms with Gasteiger partial charge in [0.1, 0.15) is 6.54 Å². The van der Waals surface area contributed by atoms with Crippen molar-refractivity contribution < 1.29 is 26.4 Å². The molecule has 0 unspecified atom stereocenters. The fourth-order valence-electron chi connectivity index (χ4n) is 2.11. The summed E-state index contributed by atoms with van der Waals surface area (Å²) in [6.45, 7) is -0.525. The molecule has 0 radical (unpaired) electrons. The van der Waals surface area contributed by atoms with Gasteiger partial charge in [0.2, 0.25) is 15.9 Å². The second kappa shape index (κ2) is 7.67. The highest BCUT2D eigenvalue weighted by Gasteiger charge is 2.30. The van der Waals surface area contributed by atoms with Crippen LogP contribution >= 0.6 is 15.9 Å². The Hall–Kier alpha value is -2.07. The molecule has 0 saturated carbocycles. The Morgan fingerprint density at radius 2 is 1.69 bits per heavy atom. The van der Waals surface area contributed by atoms with Crippen LogP contribution in [0.4, 0.5) is 24.5 Å². The molecule has 2 aromatic carbocycles. The molecule has 1 N–H and O–H groups in total. The van der Waals surface area contributed by atoms with E-state index >= 15 is 0 Å². The van der Waals surface area contributed by atoms with Gasteiger partial charge in [-0.25, -0.2) is 8.42 Å². The molecule has 2 aromatic rings. The zero-order valence-corrected chi connectivity index (χ0v) is 15.8. The Kier molecular flexibility index (Phi) is 5.97. The van der Waals surface area contributed by atoms with Crippen molar-refractivity contribution in [3.63, 3.8) is 0 Å². The summed E-state index contributed by atoms with van der Waals surface area (Å²) in [5.74, 6) is -0.689. The summed E-state index contributed by atoms with van der Waals surface area (Å²) < 4.78 is 63.1. The molecule has 1 amide bonds. The fraction of sp³-hybridized carbons (Fsp3) is 0.188. The van der Waals surface area contributed by atoms with E-state index in [2.05, 4.69) is 21.2 Å². The van der Waals surface area contributed by atoms with Gasteiger partial charge < -0.3 is 5.32 Å². The molecule has 0 aliphatic heterocycles. The lowest BCUT2D eigenvalue weighted by molar-refractivity contribution is -0.137. The maximum absolute atomic E-state index is 12.5. The number of rotatable bonds is 5. The molecule has 2 rings (SSSR count). The van der Waals surface area contributed by atoms with Crippen LogP contribution in [-0.2, 0) is 21.0 Å². The van der Waals surface area contributed by atoms with Crippen molar-refractivity contribution in [3.05, 3.63) is 58.6 Å². The molecule has 10 heteroatoms. The van der Waals surface area contributed by atoms with Gasteiger partial charge in [0.25, 0.3) is 0 Å². The van der Waals surface area contributed by atoms with Gasteiger partial charge in [0, 0.05) is 10.2 Å². The van der Waals surface area contributed by atoms with E-state index in [0.29, 0.717) is 4.47 Å². The molecule has 0 aliphatic rings. The van der Waals surface area contributed by atoms with Gasteiger partial charge >= 0.3 is 6.18 Å². The number of alkyl halides is 3. The number of hydrogen-bond acceptors (Lipinski definition) is 3. The number of carbonyl (C=O) groups is 1. The summed E-state index contributed by atoms with van der Waals surface area (Å²) in [6, 6.07) is 10.3. The van der Waals surface area contributed by atoms with Crippen LogP contribution < -0.4 is 9.62 Å². The number of hydrogen-bond donors (Lipinski definition) is 1. The van der Waals surface area contributed by atoms with Crippen molar-refractivity contribution in [1.29, 1.82) is 0 Å². The van der Waals surface area contributed by atoms with Gasteiger partial charge in [-0.05, 0) is 52.3 Å². The molecule has 140 valence electrons. The monoisotopic (exact) mass is 450 g/mol. The summed E-state index contributed by atoms with van der Waals surface area (Å²) in [4.78, 5) is 12.2. The molecule has 0 fully saturated rings. The number of halogens is 4. The van der Waals surface area contributed by atoms with Crippen LogP contribution in [0.3, 0.4) is 0 Å². The number of carbonyl (C=O) groups excluding carboxylic acids is 1. The number of benzene rings is 2. The van der Waals surface area contributed by atoms with E-state index in [4.69, 9.17) is 0 Å². The normalized spacial score (nSPS) is 11.9.